The molecule has 0 aliphatic rings. The number of hydrogen-bond acceptors (Lipinski definition) is 3. The third-order valence-corrected chi connectivity index (χ3v) is 4.03. The van der Waals surface area contributed by atoms with E-state index in [4.69, 9.17) is 0 Å². The standard InChI is InChI=1S/C16H37N3/c1-8-11-17-15(3)16(4,5)14-19(9-2)13-10-12-18(6)7/h15,17H,8-14H2,1-7H3. The lowest BCUT2D eigenvalue weighted by molar-refractivity contribution is 0.143. The minimum Gasteiger partial charge on any atom is -0.314 e. The van der Waals surface area contributed by atoms with Crippen LogP contribution in [0.25, 0.3) is 0 Å². The molecule has 0 aromatic rings. The molecule has 0 saturated heterocycles. The predicted octanol–water partition coefficient (Wildman–Crippen LogP) is 2.67. The van der Waals surface area contributed by atoms with E-state index in [1.165, 1.54) is 32.5 Å². The first-order valence-corrected chi connectivity index (χ1v) is 7.94. The van der Waals surface area contributed by atoms with Crippen LogP contribution in [0.2, 0.25) is 0 Å². The number of hydrogen-bond donors (Lipinski definition) is 1. The van der Waals surface area contributed by atoms with Gasteiger partial charge in [0.25, 0.3) is 0 Å². The van der Waals surface area contributed by atoms with E-state index in [0.29, 0.717) is 11.5 Å². The summed E-state index contributed by atoms with van der Waals surface area (Å²) in [5.41, 5.74) is 0.323. The van der Waals surface area contributed by atoms with Crippen LogP contribution >= 0.6 is 0 Å². The summed E-state index contributed by atoms with van der Waals surface area (Å²) >= 11 is 0. The monoisotopic (exact) mass is 271 g/mol. The Morgan fingerprint density at radius 2 is 1.74 bits per heavy atom. The van der Waals surface area contributed by atoms with Crippen LogP contribution in [0.3, 0.4) is 0 Å². The molecular formula is C16H37N3. The third kappa shape index (κ3) is 8.61. The average molecular weight is 271 g/mol. The molecule has 3 nitrogen and oxygen atoms in total. The molecule has 1 atom stereocenters. The first-order chi connectivity index (χ1) is 8.83. The molecule has 19 heavy (non-hydrogen) atoms. The molecule has 0 spiro atoms. The Morgan fingerprint density at radius 1 is 1.11 bits per heavy atom. The smallest absolute Gasteiger partial charge is 0.0102 e. The molecular weight excluding hydrogens is 234 g/mol. The van der Waals surface area contributed by atoms with Crippen molar-refractivity contribution in [3.05, 3.63) is 0 Å². The second-order valence-corrected chi connectivity index (χ2v) is 6.69. The van der Waals surface area contributed by atoms with Gasteiger partial charge in [0, 0.05) is 12.6 Å². The molecule has 0 aromatic carbocycles. The molecule has 0 rings (SSSR count). The molecule has 0 aliphatic heterocycles. The van der Waals surface area contributed by atoms with Gasteiger partial charge in [0.1, 0.15) is 0 Å². The van der Waals surface area contributed by atoms with Gasteiger partial charge in [-0.25, -0.2) is 0 Å². The Balaban J connectivity index is 4.17. The van der Waals surface area contributed by atoms with Gasteiger partial charge in [-0.3, -0.25) is 0 Å². The van der Waals surface area contributed by atoms with E-state index in [0.717, 1.165) is 13.1 Å². The average Bonchev–Trinajstić information content (AvgIpc) is 2.33. The van der Waals surface area contributed by atoms with E-state index < -0.39 is 0 Å². The SMILES string of the molecule is CCCNC(C)C(C)(C)CN(CC)CCCN(C)C. The van der Waals surface area contributed by atoms with Crippen LogP contribution in [-0.4, -0.2) is 62.7 Å². The maximum Gasteiger partial charge on any atom is 0.0102 e. The van der Waals surface area contributed by atoms with Crippen LogP contribution < -0.4 is 5.32 Å². The van der Waals surface area contributed by atoms with E-state index in [1.807, 2.05) is 0 Å². The van der Waals surface area contributed by atoms with E-state index >= 15 is 0 Å². The Kier molecular flexibility index (Phi) is 9.67. The van der Waals surface area contributed by atoms with E-state index in [-0.39, 0.29) is 0 Å². The van der Waals surface area contributed by atoms with E-state index in [9.17, 15) is 0 Å². The van der Waals surface area contributed by atoms with Gasteiger partial charge in [0.15, 0.2) is 0 Å². The summed E-state index contributed by atoms with van der Waals surface area (Å²) in [6.07, 6.45) is 2.47. The van der Waals surface area contributed by atoms with Crippen molar-refractivity contribution in [3.63, 3.8) is 0 Å². The van der Waals surface area contributed by atoms with Crippen LogP contribution in [0.15, 0.2) is 0 Å². The van der Waals surface area contributed by atoms with Crippen molar-refractivity contribution in [1.82, 2.24) is 15.1 Å². The second-order valence-electron chi connectivity index (χ2n) is 6.69. The van der Waals surface area contributed by atoms with Crippen LogP contribution in [0.5, 0.6) is 0 Å². The molecule has 0 aliphatic carbocycles. The molecule has 0 saturated carbocycles. The normalized spacial score (nSPS) is 14.4. The van der Waals surface area contributed by atoms with Gasteiger partial charge in [-0.1, -0.05) is 27.7 Å². The highest BCUT2D eigenvalue weighted by Crippen LogP contribution is 2.22. The first kappa shape index (κ1) is 18.9. The van der Waals surface area contributed by atoms with Crippen molar-refractivity contribution in [3.8, 4) is 0 Å². The number of nitrogens with zero attached hydrogens (tertiary/aromatic N) is 2. The first-order valence-electron chi connectivity index (χ1n) is 7.94. The molecule has 1 N–H and O–H groups in total. The van der Waals surface area contributed by atoms with Crippen molar-refractivity contribution in [2.24, 2.45) is 5.41 Å². The van der Waals surface area contributed by atoms with Gasteiger partial charge in [-0.2, -0.15) is 0 Å². The molecule has 0 radical (unpaired) electrons. The molecule has 0 fully saturated rings. The van der Waals surface area contributed by atoms with Crippen molar-refractivity contribution < 1.29 is 0 Å². The van der Waals surface area contributed by atoms with Crippen LogP contribution in [0.4, 0.5) is 0 Å². The third-order valence-electron chi connectivity index (χ3n) is 4.03. The van der Waals surface area contributed by atoms with Crippen molar-refractivity contribution in [2.75, 3.05) is 46.8 Å². The summed E-state index contributed by atoms with van der Waals surface area (Å²) in [6, 6.07) is 0.565. The highest BCUT2D eigenvalue weighted by molar-refractivity contribution is 4.83. The fourth-order valence-corrected chi connectivity index (χ4v) is 2.31. The summed E-state index contributed by atoms with van der Waals surface area (Å²) in [4.78, 5) is 4.86. The largest absolute Gasteiger partial charge is 0.314 e. The predicted molar refractivity (Wildman–Crippen MR) is 86.8 cm³/mol. The highest BCUT2D eigenvalue weighted by Gasteiger charge is 2.27. The van der Waals surface area contributed by atoms with Gasteiger partial charge >= 0.3 is 0 Å². The minimum absolute atomic E-state index is 0.323. The summed E-state index contributed by atoms with van der Waals surface area (Å²) < 4.78 is 0. The molecule has 0 bridgehead atoms. The second kappa shape index (κ2) is 9.73. The lowest BCUT2D eigenvalue weighted by atomic mass is 9.84. The van der Waals surface area contributed by atoms with E-state index in [1.54, 1.807) is 0 Å². The van der Waals surface area contributed by atoms with Crippen molar-refractivity contribution in [2.45, 2.75) is 53.5 Å². The van der Waals surface area contributed by atoms with E-state index in [2.05, 4.69) is 63.8 Å². The molecule has 3 heteroatoms. The van der Waals surface area contributed by atoms with Gasteiger partial charge in [-0.05, 0) is 65.5 Å². The quantitative estimate of drug-likeness (QED) is 0.623. The lowest BCUT2D eigenvalue weighted by Crippen LogP contribution is -2.47. The molecule has 0 aromatic heterocycles. The van der Waals surface area contributed by atoms with Gasteiger partial charge in [0.2, 0.25) is 0 Å². The zero-order valence-electron chi connectivity index (χ0n) is 14.4. The topological polar surface area (TPSA) is 18.5 Å². The molecule has 0 amide bonds. The summed E-state index contributed by atoms with van der Waals surface area (Å²) in [7, 11) is 4.30. The van der Waals surface area contributed by atoms with Gasteiger partial charge in [-0.15, -0.1) is 0 Å². The zero-order chi connectivity index (χ0) is 14.9. The number of rotatable bonds is 11. The zero-order valence-corrected chi connectivity index (χ0v) is 14.4. The Bertz CT molecular complexity index is 214. The maximum atomic E-state index is 3.64. The van der Waals surface area contributed by atoms with Crippen molar-refractivity contribution >= 4 is 0 Å². The lowest BCUT2D eigenvalue weighted by Gasteiger charge is -2.37. The van der Waals surface area contributed by atoms with Crippen LogP contribution in [-0.2, 0) is 0 Å². The highest BCUT2D eigenvalue weighted by atomic mass is 15.1. The Hall–Kier alpha value is -0.120. The van der Waals surface area contributed by atoms with Crippen LogP contribution in [0, 0.1) is 5.41 Å². The fourth-order valence-electron chi connectivity index (χ4n) is 2.31. The number of nitrogens with one attached hydrogen (secondary N) is 1. The van der Waals surface area contributed by atoms with Gasteiger partial charge in [0.05, 0.1) is 0 Å². The summed E-state index contributed by atoms with van der Waals surface area (Å²) in [5.74, 6) is 0. The molecule has 0 heterocycles. The Labute approximate surface area is 121 Å². The summed E-state index contributed by atoms with van der Waals surface area (Å²) in [6.45, 7) is 17.4. The van der Waals surface area contributed by atoms with Crippen molar-refractivity contribution in [1.29, 1.82) is 0 Å². The minimum atomic E-state index is 0.323. The maximum absolute atomic E-state index is 3.64. The van der Waals surface area contributed by atoms with Gasteiger partial charge < -0.3 is 15.1 Å². The fraction of sp³-hybridized carbons (Fsp3) is 1.00. The molecule has 1 unspecified atom stereocenters. The summed E-state index contributed by atoms with van der Waals surface area (Å²) in [5, 5.41) is 3.64. The molecule has 116 valence electrons. The Morgan fingerprint density at radius 3 is 2.21 bits per heavy atom. The van der Waals surface area contributed by atoms with Crippen LogP contribution in [0.1, 0.15) is 47.5 Å².